The van der Waals surface area contributed by atoms with E-state index in [9.17, 15) is 9.59 Å². The lowest BCUT2D eigenvalue weighted by atomic mass is 9.98. The summed E-state index contributed by atoms with van der Waals surface area (Å²) in [6, 6.07) is 15.6. The number of benzene rings is 2. The summed E-state index contributed by atoms with van der Waals surface area (Å²) in [5, 5.41) is 2.76. The van der Waals surface area contributed by atoms with E-state index in [-0.39, 0.29) is 12.5 Å². The number of morpholine rings is 1. The van der Waals surface area contributed by atoms with Crippen LogP contribution >= 0.6 is 0 Å². The van der Waals surface area contributed by atoms with E-state index in [4.69, 9.17) is 14.2 Å². The number of nitrogens with zero attached hydrogens (tertiary/aromatic N) is 1. The Balaban J connectivity index is 1.39. The van der Waals surface area contributed by atoms with E-state index in [2.05, 4.69) is 34.5 Å². The molecule has 0 spiro atoms. The minimum atomic E-state index is -0.780. The van der Waals surface area contributed by atoms with Crippen molar-refractivity contribution >= 4 is 12.1 Å². The van der Waals surface area contributed by atoms with Crippen molar-refractivity contribution in [1.29, 1.82) is 0 Å². The lowest BCUT2D eigenvalue weighted by molar-refractivity contribution is -0.157. The summed E-state index contributed by atoms with van der Waals surface area (Å²) in [4.78, 5) is 27.8. The first-order valence-corrected chi connectivity index (χ1v) is 12.0. The number of fused-ring (bicyclic) bond motifs is 3. The summed E-state index contributed by atoms with van der Waals surface area (Å²) >= 11 is 0. The monoisotopic (exact) mass is 466 g/mol. The molecular weight excluding hydrogens is 432 g/mol. The molecule has 2 aromatic rings. The zero-order valence-corrected chi connectivity index (χ0v) is 20.2. The minimum absolute atomic E-state index is 0.0357. The smallest absolute Gasteiger partial charge is 0.407 e. The largest absolute Gasteiger partial charge is 0.458 e. The van der Waals surface area contributed by atoms with Crippen molar-refractivity contribution < 1.29 is 23.8 Å². The maximum Gasteiger partial charge on any atom is 0.407 e. The number of carbonyl (C=O) groups excluding carboxylic acids is 2. The number of ether oxygens (including phenoxy) is 3. The molecule has 0 aromatic heterocycles. The van der Waals surface area contributed by atoms with Crippen LogP contribution < -0.4 is 5.32 Å². The minimum Gasteiger partial charge on any atom is -0.458 e. The van der Waals surface area contributed by atoms with Gasteiger partial charge in [-0.2, -0.15) is 0 Å². The molecule has 1 aliphatic carbocycles. The maximum absolute atomic E-state index is 12.8. The SMILES string of the molecule is CC(C)(C)OC(=O)[C@H](CCN1CCOCC1)NC(=O)OCC1c2ccccc2-c2ccccc21. The summed E-state index contributed by atoms with van der Waals surface area (Å²) in [6.07, 6.45) is -0.168. The third-order valence-corrected chi connectivity index (χ3v) is 6.16. The first-order valence-electron chi connectivity index (χ1n) is 12.0. The molecule has 182 valence electrons. The molecule has 4 rings (SSSR count). The van der Waals surface area contributed by atoms with Gasteiger partial charge in [0.2, 0.25) is 0 Å². The second kappa shape index (κ2) is 10.6. The predicted molar refractivity (Wildman–Crippen MR) is 130 cm³/mol. The van der Waals surface area contributed by atoms with Crippen LogP contribution in [0.2, 0.25) is 0 Å². The van der Waals surface area contributed by atoms with Gasteiger partial charge < -0.3 is 19.5 Å². The van der Waals surface area contributed by atoms with Crippen molar-refractivity contribution in [3.63, 3.8) is 0 Å². The molecule has 0 saturated carbocycles. The first-order chi connectivity index (χ1) is 16.3. The van der Waals surface area contributed by atoms with E-state index in [1.807, 2.05) is 45.0 Å². The van der Waals surface area contributed by atoms with Crippen LogP contribution in [0.15, 0.2) is 48.5 Å². The molecular formula is C27H34N2O5. The third kappa shape index (κ3) is 5.96. The van der Waals surface area contributed by atoms with Gasteiger partial charge in [-0.05, 0) is 49.4 Å². The highest BCUT2D eigenvalue weighted by molar-refractivity contribution is 5.82. The van der Waals surface area contributed by atoms with Crippen molar-refractivity contribution in [1.82, 2.24) is 10.2 Å². The average molecular weight is 467 g/mol. The quantitative estimate of drug-likeness (QED) is 0.623. The standard InChI is InChI=1S/C27H34N2O5/c1-27(2,3)34-25(30)24(12-13-29-14-16-32-17-15-29)28-26(31)33-18-23-21-10-6-4-8-19(21)20-9-5-7-11-22(20)23/h4-11,23-24H,12-18H2,1-3H3,(H,28,31)/t24-/m0/s1. The Hall–Kier alpha value is -2.90. The van der Waals surface area contributed by atoms with Gasteiger partial charge in [-0.3, -0.25) is 4.90 Å². The Morgan fingerprint density at radius 3 is 2.21 bits per heavy atom. The van der Waals surface area contributed by atoms with Gasteiger partial charge >= 0.3 is 12.1 Å². The van der Waals surface area contributed by atoms with E-state index < -0.39 is 23.7 Å². The second-order valence-electron chi connectivity index (χ2n) is 9.80. The topological polar surface area (TPSA) is 77.1 Å². The fraction of sp³-hybridized carbons (Fsp3) is 0.481. The summed E-state index contributed by atoms with van der Waals surface area (Å²) in [7, 11) is 0. The summed E-state index contributed by atoms with van der Waals surface area (Å²) < 4.78 is 16.6. The van der Waals surface area contributed by atoms with Crippen molar-refractivity contribution in [3.8, 4) is 11.1 Å². The van der Waals surface area contributed by atoms with Gasteiger partial charge in [0.05, 0.1) is 13.2 Å². The zero-order valence-electron chi connectivity index (χ0n) is 20.2. The summed E-state index contributed by atoms with van der Waals surface area (Å²) in [5.41, 5.74) is 3.99. The van der Waals surface area contributed by atoms with Gasteiger partial charge in [0.15, 0.2) is 0 Å². The van der Waals surface area contributed by atoms with E-state index in [1.54, 1.807) is 0 Å². The normalized spacial score (nSPS) is 16.9. The van der Waals surface area contributed by atoms with Crippen LogP contribution in [0.3, 0.4) is 0 Å². The molecule has 0 unspecified atom stereocenters. The van der Waals surface area contributed by atoms with Gasteiger partial charge in [0, 0.05) is 25.6 Å². The Morgan fingerprint density at radius 2 is 1.62 bits per heavy atom. The lowest BCUT2D eigenvalue weighted by Gasteiger charge is -2.29. The molecule has 1 atom stereocenters. The van der Waals surface area contributed by atoms with E-state index in [0.29, 0.717) is 26.2 Å². The molecule has 7 heteroatoms. The van der Waals surface area contributed by atoms with Crippen LogP contribution in [-0.4, -0.2) is 68.1 Å². The third-order valence-electron chi connectivity index (χ3n) is 6.16. The van der Waals surface area contributed by atoms with Crippen molar-refractivity contribution in [3.05, 3.63) is 59.7 Å². The average Bonchev–Trinajstić information content (AvgIpc) is 3.13. The van der Waals surface area contributed by atoms with E-state index in [0.717, 1.165) is 24.2 Å². The van der Waals surface area contributed by atoms with Gasteiger partial charge in [0.1, 0.15) is 18.2 Å². The Kier molecular flexibility index (Phi) is 7.54. The fourth-order valence-electron chi connectivity index (χ4n) is 4.54. The van der Waals surface area contributed by atoms with E-state index >= 15 is 0 Å². The van der Waals surface area contributed by atoms with Crippen LogP contribution in [-0.2, 0) is 19.0 Å². The molecule has 2 aliphatic rings. The number of esters is 1. The molecule has 1 aliphatic heterocycles. The Labute approximate surface area is 201 Å². The summed E-state index contributed by atoms with van der Waals surface area (Å²) in [6.45, 7) is 9.29. The molecule has 1 fully saturated rings. The maximum atomic E-state index is 12.8. The van der Waals surface area contributed by atoms with Crippen LogP contribution in [0.4, 0.5) is 4.79 Å². The van der Waals surface area contributed by atoms with Gasteiger partial charge in [-0.15, -0.1) is 0 Å². The molecule has 1 amide bonds. The Bertz CT molecular complexity index is 965. The highest BCUT2D eigenvalue weighted by Crippen LogP contribution is 2.44. The van der Waals surface area contributed by atoms with Crippen molar-refractivity contribution in [2.75, 3.05) is 39.5 Å². The Morgan fingerprint density at radius 1 is 1.03 bits per heavy atom. The highest BCUT2D eigenvalue weighted by atomic mass is 16.6. The number of rotatable bonds is 7. The number of hydrogen-bond donors (Lipinski definition) is 1. The molecule has 7 nitrogen and oxygen atoms in total. The molecule has 2 aromatic carbocycles. The van der Waals surface area contributed by atoms with Crippen LogP contribution in [0.1, 0.15) is 44.2 Å². The van der Waals surface area contributed by atoms with Crippen molar-refractivity contribution in [2.24, 2.45) is 0 Å². The molecule has 34 heavy (non-hydrogen) atoms. The molecule has 1 heterocycles. The number of alkyl carbamates (subject to hydrolysis) is 1. The predicted octanol–water partition coefficient (Wildman–Crippen LogP) is 3.96. The molecule has 0 bridgehead atoms. The lowest BCUT2D eigenvalue weighted by Crippen LogP contribution is -2.47. The zero-order chi connectivity index (χ0) is 24.1. The molecule has 1 N–H and O–H groups in total. The van der Waals surface area contributed by atoms with Gasteiger partial charge in [0.25, 0.3) is 0 Å². The first kappa shape index (κ1) is 24.2. The van der Waals surface area contributed by atoms with Gasteiger partial charge in [-0.1, -0.05) is 48.5 Å². The number of hydrogen-bond acceptors (Lipinski definition) is 6. The summed E-state index contributed by atoms with van der Waals surface area (Å²) in [5.74, 6) is -0.485. The van der Waals surface area contributed by atoms with E-state index in [1.165, 1.54) is 11.1 Å². The van der Waals surface area contributed by atoms with Crippen LogP contribution in [0, 0.1) is 0 Å². The fourth-order valence-corrected chi connectivity index (χ4v) is 4.54. The van der Waals surface area contributed by atoms with Crippen LogP contribution in [0.25, 0.3) is 11.1 Å². The van der Waals surface area contributed by atoms with Crippen molar-refractivity contribution in [2.45, 2.75) is 44.8 Å². The molecule has 0 radical (unpaired) electrons. The molecule has 1 saturated heterocycles. The van der Waals surface area contributed by atoms with Crippen LogP contribution in [0.5, 0.6) is 0 Å². The number of nitrogens with one attached hydrogen (secondary N) is 1. The number of carbonyl (C=O) groups is 2. The second-order valence-corrected chi connectivity index (χ2v) is 9.80. The highest BCUT2D eigenvalue weighted by Gasteiger charge is 2.31. The van der Waals surface area contributed by atoms with Gasteiger partial charge in [-0.25, -0.2) is 9.59 Å². The number of amides is 1.